The van der Waals surface area contributed by atoms with Crippen molar-refractivity contribution in [3.05, 3.63) is 48.0 Å². The predicted octanol–water partition coefficient (Wildman–Crippen LogP) is 2.53. The summed E-state index contributed by atoms with van der Waals surface area (Å²) < 4.78 is 5.39. The van der Waals surface area contributed by atoms with Crippen LogP contribution >= 0.6 is 0 Å². The SMILES string of the molecule is CC=CCC(O)COCc1ccccc1. The zero-order chi connectivity index (χ0) is 10.9. The maximum absolute atomic E-state index is 9.48. The van der Waals surface area contributed by atoms with Crippen molar-refractivity contribution in [2.45, 2.75) is 26.1 Å². The van der Waals surface area contributed by atoms with Crippen LogP contribution in [0, 0.1) is 0 Å². The minimum Gasteiger partial charge on any atom is -0.390 e. The summed E-state index contributed by atoms with van der Waals surface area (Å²) in [6, 6.07) is 9.96. The van der Waals surface area contributed by atoms with Gasteiger partial charge in [-0.05, 0) is 18.9 Å². The Bertz CT molecular complexity index is 280. The quantitative estimate of drug-likeness (QED) is 0.725. The van der Waals surface area contributed by atoms with Gasteiger partial charge in [-0.2, -0.15) is 0 Å². The summed E-state index contributed by atoms with van der Waals surface area (Å²) in [5.41, 5.74) is 1.13. The summed E-state index contributed by atoms with van der Waals surface area (Å²) in [7, 11) is 0. The van der Waals surface area contributed by atoms with Gasteiger partial charge < -0.3 is 9.84 Å². The summed E-state index contributed by atoms with van der Waals surface area (Å²) in [4.78, 5) is 0. The van der Waals surface area contributed by atoms with Gasteiger partial charge in [0, 0.05) is 0 Å². The van der Waals surface area contributed by atoms with Gasteiger partial charge in [0.05, 0.1) is 19.3 Å². The highest BCUT2D eigenvalue weighted by molar-refractivity contribution is 5.13. The summed E-state index contributed by atoms with van der Waals surface area (Å²) in [6.45, 7) is 2.89. The molecule has 0 aliphatic heterocycles. The van der Waals surface area contributed by atoms with Crippen molar-refractivity contribution in [2.75, 3.05) is 6.61 Å². The molecule has 0 fully saturated rings. The fourth-order valence-electron chi connectivity index (χ4n) is 1.25. The van der Waals surface area contributed by atoms with E-state index in [0.717, 1.165) is 5.56 Å². The van der Waals surface area contributed by atoms with Crippen molar-refractivity contribution in [3.63, 3.8) is 0 Å². The topological polar surface area (TPSA) is 29.5 Å². The maximum atomic E-state index is 9.48. The first-order chi connectivity index (χ1) is 7.33. The Hall–Kier alpha value is -1.12. The number of benzene rings is 1. The molecule has 1 aromatic rings. The average molecular weight is 206 g/mol. The Morgan fingerprint density at radius 1 is 1.33 bits per heavy atom. The third-order valence-electron chi connectivity index (χ3n) is 2.07. The van der Waals surface area contributed by atoms with Gasteiger partial charge in [0.1, 0.15) is 0 Å². The van der Waals surface area contributed by atoms with E-state index in [2.05, 4.69) is 0 Å². The van der Waals surface area contributed by atoms with Crippen LogP contribution in [0.25, 0.3) is 0 Å². The minimum atomic E-state index is -0.398. The Morgan fingerprint density at radius 2 is 2.07 bits per heavy atom. The fourth-order valence-corrected chi connectivity index (χ4v) is 1.25. The molecule has 0 saturated carbocycles. The molecule has 1 N–H and O–H groups in total. The zero-order valence-electron chi connectivity index (χ0n) is 9.10. The monoisotopic (exact) mass is 206 g/mol. The van der Waals surface area contributed by atoms with Crippen LogP contribution in [0.4, 0.5) is 0 Å². The standard InChI is InChI=1S/C13H18O2/c1-2-3-9-13(14)11-15-10-12-7-5-4-6-8-12/h2-8,13-14H,9-11H2,1H3. The summed E-state index contributed by atoms with van der Waals surface area (Å²) >= 11 is 0. The molecule has 0 aromatic heterocycles. The van der Waals surface area contributed by atoms with Crippen LogP contribution in [-0.4, -0.2) is 17.8 Å². The Labute approximate surface area is 91.2 Å². The van der Waals surface area contributed by atoms with Gasteiger partial charge in [0.25, 0.3) is 0 Å². The summed E-state index contributed by atoms with van der Waals surface area (Å²) in [5, 5.41) is 9.48. The molecule has 0 aliphatic rings. The van der Waals surface area contributed by atoms with Crippen LogP contribution in [0.2, 0.25) is 0 Å². The summed E-state index contributed by atoms with van der Waals surface area (Å²) in [6.07, 6.45) is 4.13. The van der Waals surface area contributed by atoms with E-state index >= 15 is 0 Å². The number of allylic oxidation sites excluding steroid dienone is 1. The first-order valence-corrected chi connectivity index (χ1v) is 5.24. The second-order valence-corrected chi connectivity index (χ2v) is 3.46. The third-order valence-corrected chi connectivity index (χ3v) is 2.07. The molecule has 1 atom stereocenters. The molecule has 82 valence electrons. The highest BCUT2D eigenvalue weighted by atomic mass is 16.5. The molecular weight excluding hydrogens is 188 g/mol. The van der Waals surface area contributed by atoms with Crippen LogP contribution in [0.3, 0.4) is 0 Å². The first kappa shape index (κ1) is 12.0. The van der Waals surface area contributed by atoms with Crippen molar-refractivity contribution in [3.8, 4) is 0 Å². The van der Waals surface area contributed by atoms with E-state index in [-0.39, 0.29) is 0 Å². The molecule has 2 heteroatoms. The van der Waals surface area contributed by atoms with Crippen molar-refractivity contribution in [2.24, 2.45) is 0 Å². The van der Waals surface area contributed by atoms with Gasteiger partial charge >= 0.3 is 0 Å². The van der Waals surface area contributed by atoms with E-state index in [0.29, 0.717) is 19.6 Å². The lowest BCUT2D eigenvalue weighted by Gasteiger charge is -2.08. The molecule has 1 rings (SSSR count). The lowest BCUT2D eigenvalue weighted by Crippen LogP contribution is -2.13. The highest BCUT2D eigenvalue weighted by Crippen LogP contribution is 2.02. The number of ether oxygens (including phenoxy) is 1. The van der Waals surface area contributed by atoms with E-state index < -0.39 is 6.10 Å². The van der Waals surface area contributed by atoms with Crippen LogP contribution in [0.5, 0.6) is 0 Å². The molecular formula is C13H18O2. The minimum absolute atomic E-state index is 0.388. The van der Waals surface area contributed by atoms with Crippen molar-refractivity contribution in [1.29, 1.82) is 0 Å². The first-order valence-electron chi connectivity index (χ1n) is 5.24. The Kier molecular flexibility index (Phi) is 5.74. The van der Waals surface area contributed by atoms with Gasteiger partial charge in [-0.1, -0.05) is 42.5 Å². The number of hydrogen-bond donors (Lipinski definition) is 1. The molecule has 2 nitrogen and oxygen atoms in total. The van der Waals surface area contributed by atoms with Crippen LogP contribution in [0.15, 0.2) is 42.5 Å². The molecule has 0 bridgehead atoms. The number of rotatable bonds is 6. The maximum Gasteiger partial charge on any atom is 0.0808 e. The van der Waals surface area contributed by atoms with Crippen molar-refractivity contribution >= 4 is 0 Å². The molecule has 0 heterocycles. The Morgan fingerprint density at radius 3 is 2.73 bits per heavy atom. The number of aliphatic hydroxyl groups excluding tert-OH is 1. The van der Waals surface area contributed by atoms with Gasteiger partial charge in [-0.3, -0.25) is 0 Å². The van der Waals surface area contributed by atoms with Crippen LogP contribution in [-0.2, 0) is 11.3 Å². The van der Waals surface area contributed by atoms with Crippen molar-refractivity contribution < 1.29 is 9.84 Å². The molecule has 1 aromatic carbocycles. The predicted molar refractivity (Wildman–Crippen MR) is 61.5 cm³/mol. The Balaban J connectivity index is 2.16. The zero-order valence-corrected chi connectivity index (χ0v) is 9.10. The molecule has 0 spiro atoms. The fraction of sp³-hybridized carbons (Fsp3) is 0.385. The number of aliphatic hydroxyl groups is 1. The number of hydrogen-bond acceptors (Lipinski definition) is 2. The largest absolute Gasteiger partial charge is 0.390 e. The van der Waals surface area contributed by atoms with E-state index in [1.807, 2.05) is 49.4 Å². The third kappa shape index (κ3) is 5.35. The molecule has 0 saturated heterocycles. The second kappa shape index (κ2) is 7.21. The van der Waals surface area contributed by atoms with Crippen LogP contribution in [0.1, 0.15) is 18.9 Å². The van der Waals surface area contributed by atoms with E-state index in [4.69, 9.17) is 4.74 Å². The second-order valence-electron chi connectivity index (χ2n) is 3.46. The molecule has 1 unspecified atom stereocenters. The highest BCUT2D eigenvalue weighted by Gasteiger charge is 2.01. The summed E-state index contributed by atoms with van der Waals surface area (Å²) in [5.74, 6) is 0. The normalized spacial score (nSPS) is 13.2. The molecule has 15 heavy (non-hydrogen) atoms. The van der Waals surface area contributed by atoms with E-state index in [1.165, 1.54) is 0 Å². The molecule has 0 amide bonds. The lowest BCUT2D eigenvalue weighted by atomic mass is 10.2. The molecule has 0 radical (unpaired) electrons. The van der Waals surface area contributed by atoms with Crippen LogP contribution < -0.4 is 0 Å². The van der Waals surface area contributed by atoms with Gasteiger partial charge in [0.2, 0.25) is 0 Å². The molecule has 0 aliphatic carbocycles. The van der Waals surface area contributed by atoms with Crippen molar-refractivity contribution in [1.82, 2.24) is 0 Å². The average Bonchev–Trinajstić information content (AvgIpc) is 2.28. The van der Waals surface area contributed by atoms with Gasteiger partial charge in [0.15, 0.2) is 0 Å². The smallest absolute Gasteiger partial charge is 0.0808 e. The van der Waals surface area contributed by atoms with E-state index in [9.17, 15) is 5.11 Å². The van der Waals surface area contributed by atoms with Gasteiger partial charge in [-0.25, -0.2) is 0 Å². The lowest BCUT2D eigenvalue weighted by molar-refractivity contribution is 0.0301. The van der Waals surface area contributed by atoms with Gasteiger partial charge in [-0.15, -0.1) is 0 Å². The van der Waals surface area contributed by atoms with E-state index in [1.54, 1.807) is 0 Å².